The summed E-state index contributed by atoms with van der Waals surface area (Å²) in [4.78, 5) is 13.3. The number of fused-ring (bicyclic) bond motifs is 1. The van der Waals surface area contributed by atoms with Gasteiger partial charge in [-0.3, -0.25) is 4.79 Å². The molecule has 1 aliphatic heterocycles. The highest BCUT2D eigenvalue weighted by molar-refractivity contribution is 6.39. The number of ketones is 1. The second-order valence-electron chi connectivity index (χ2n) is 8.59. The van der Waals surface area contributed by atoms with Crippen LogP contribution in [0.4, 0.5) is 0 Å². The van der Waals surface area contributed by atoms with Crippen molar-refractivity contribution in [3.63, 3.8) is 0 Å². The molecule has 0 spiro atoms. The number of hydrogen-bond acceptors (Lipinski definition) is 4. The molecule has 162 valence electrons. The van der Waals surface area contributed by atoms with E-state index >= 15 is 0 Å². The summed E-state index contributed by atoms with van der Waals surface area (Å²) in [6.07, 6.45) is 3.42. The van der Waals surface area contributed by atoms with Crippen LogP contribution in [0, 0.1) is 5.92 Å². The van der Waals surface area contributed by atoms with Crippen molar-refractivity contribution in [2.24, 2.45) is 5.92 Å². The molecule has 4 heteroatoms. The predicted octanol–water partition coefficient (Wildman–Crippen LogP) is 5.22. The number of carbonyl (C=O) groups is 1. The molecule has 0 unspecified atom stereocenters. The van der Waals surface area contributed by atoms with E-state index in [2.05, 4.69) is 40.8 Å². The highest BCUT2D eigenvalue weighted by Crippen LogP contribution is 2.37. The lowest BCUT2D eigenvalue weighted by atomic mass is 9.91. The molecule has 2 aliphatic rings. The fraction of sp³-hybridized carbons (Fsp3) is 0.250. The molecule has 1 heterocycles. The van der Waals surface area contributed by atoms with Crippen LogP contribution in [-0.4, -0.2) is 31.0 Å². The second-order valence-corrected chi connectivity index (χ2v) is 8.59. The molecular formula is C28H28N2O2. The van der Waals surface area contributed by atoms with Gasteiger partial charge in [0.1, 0.15) is 5.75 Å². The Morgan fingerprint density at radius 3 is 2.22 bits per heavy atom. The van der Waals surface area contributed by atoms with Gasteiger partial charge in [0, 0.05) is 24.2 Å². The topological polar surface area (TPSA) is 41.6 Å². The Hall–Kier alpha value is -3.37. The van der Waals surface area contributed by atoms with Crippen LogP contribution in [0.3, 0.4) is 0 Å². The molecular weight excluding hydrogens is 396 g/mol. The number of allylic oxidation sites excluding steroid dienone is 1. The summed E-state index contributed by atoms with van der Waals surface area (Å²) in [5.41, 5.74) is 9.35. The zero-order valence-corrected chi connectivity index (χ0v) is 18.4. The average molecular weight is 425 g/mol. The summed E-state index contributed by atoms with van der Waals surface area (Å²) in [5.74, 6) is 1.56. The molecule has 1 saturated heterocycles. The molecule has 5 rings (SSSR count). The van der Waals surface area contributed by atoms with Gasteiger partial charge in [0.05, 0.1) is 18.4 Å². The first-order valence-corrected chi connectivity index (χ1v) is 11.3. The van der Waals surface area contributed by atoms with Gasteiger partial charge < -0.3 is 10.2 Å². The Balaban J connectivity index is 1.36. The number of rotatable bonds is 6. The van der Waals surface area contributed by atoms with Crippen molar-refractivity contribution in [2.75, 3.05) is 20.2 Å². The van der Waals surface area contributed by atoms with E-state index in [1.165, 1.54) is 5.56 Å². The number of carbonyl (C=O) groups excluding carboxylic acids is 1. The first kappa shape index (κ1) is 20.5. The Labute approximate surface area is 189 Å². The van der Waals surface area contributed by atoms with Gasteiger partial charge in [-0.25, -0.2) is 5.01 Å². The van der Waals surface area contributed by atoms with Crippen molar-refractivity contribution in [1.82, 2.24) is 10.4 Å². The van der Waals surface area contributed by atoms with E-state index in [0.717, 1.165) is 66.1 Å². The number of Topliss-reactive ketones (excluding diaryl/α,β-unsaturated/α-hetero) is 1. The number of piperidine rings is 1. The maximum atomic E-state index is 13.3. The lowest BCUT2D eigenvalue weighted by Gasteiger charge is -2.33. The molecule has 3 aromatic carbocycles. The first-order valence-electron chi connectivity index (χ1n) is 11.3. The molecule has 0 atom stereocenters. The van der Waals surface area contributed by atoms with Crippen molar-refractivity contribution in [1.29, 1.82) is 0 Å². The van der Waals surface area contributed by atoms with E-state index in [1.807, 2.05) is 48.5 Å². The fourth-order valence-electron chi connectivity index (χ4n) is 4.79. The fourth-order valence-corrected chi connectivity index (χ4v) is 4.79. The van der Waals surface area contributed by atoms with Gasteiger partial charge in [-0.05, 0) is 48.4 Å². The normalized spacial score (nSPS) is 16.8. The standard InChI is InChI=1S/C28H28N2O2/c1-32-23-13-11-22(12-14-23)26-27(24-9-5-6-10-25(24)28(26)31)29-30-17-15-21(16-18-30)19-20-7-3-2-4-8-20/h2-14,21,29H,15-19H2,1H3. The van der Waals surface area contributed by atoms with E-state index in [4.69, 9.17) is 4.74 Å². The predicted molar refractivity (Wildman–Crippen MR) is 128 cm³/mol. The van der Waals surface area contributed by atoms with Crippen LogP contribution in [0.15, 0.2) is 78.9 Å². The molecule has 0 aromatic heterocycles. The summed E-state index contributed by atoms with van der Waals surface area (Å²) in [6.45, 7) is 1.93. The molecule has 0 radical (unpaired) electrons. The van der Waals surface area contributed by atoms with Crippen LogP contribution in [0.2, 0.25) is 0 Å². The maximum absolute atomic E-state index is 13.3. The number of hydrogen-bond donors (Lipinski definition) is 1. The Morgan fingerprint density at radius 2 is 1.53 bits per heavy atom. The Bertz CT molecular complexity index is 1130. The third-order valence-corrected chi connectivity index (χ3v) is 6.55. The average Bonchev–Trinajstić information content (AvgIpc) is 3.12. The zero-order chi connectivity index (χ0) is 21.9. The minimum Gasteiger partial charge on any atom is -0.497 e. The third kappa shape index (κ3) is 4.06. The van der Waals surface area contributed by atoms with Crippen LogP contribution in [0.5, 0.6) is 5.75 Å². The highest BCUT2D eigenvalue weighted by Gasteiger charge is 2.32. The maximum Gasteiger partial charge on any atom is 0.196 e. The van der Waals surface area contributed by atoms with Gasteiger partial charge in [0.15, 0.2) is 5.78 Å². The number of ether oxygens (including phenoxy) is 1. The largest absolute Gasteiger partial charge is 0.497 e. The summed E-state index contributed by atoms with van der Waals surface area (Å²) in [6, 6.07) is 26.4. The second kappa shape index (κ2) is 9.01. The van der Waals surface area contributed by atoms with E-state index in [9.17, 15) is 4.79 Å². The minimum atomic E-state index is 0.0761. The summed E-state index contributed by atoms with van der Waals surface area (Å²) in [5, 5.41) is 2.27. The summed E-state index contributed by atoms with van der Waals surface area (Å²) < 4.78 is 5.30. The molecule has 32 heavy (non-hydrogen) atoms. The van der Waals surface area contributed by atoms with Crippen molar-refractivity contribution >= 4 is 17.1 Å². The lowest BCUT2D eigenvalue weighted by Crippen LogP contribution is -2.43. The number of nitrogens with zero attached hydrogens (tertiary/aromatic N) is 1. The summed E-state index contributed by atoms with van der Waals surface area (Å²) >= 11 is 0. The van der Waals surface area contributed by atoms with Gasteiger partial charge in [0.2, 0.25) is 0 Å². The smallest absolute Gasteiger partial charge is 0.196 e. The van der Waals surface area contributed by atoms with Gasteiger partial charge in [-0.15, -0.1) is 0 Å². The van der Waals surface area contributed by atoms with E-state index in [-0.39, 0.29) is 5.78 Å². The van der Waals surface area contributed by atoms with Crippen molar-refractivity contribution in [3.8, 4) is 5.75 Å². The summed E-state index contributed by atoms with van der Waals surface area (Å²) in [7, 11) is 1.65. The number of benzene rings is 3. The minimum absolute atomic E-state index is 0.0761. The highest BCUT2D eigenvalue weighted by atomic mass is 16.5. The van der Waals surface area contributed by atoms with Crippen LogP contribution in [0.1, 0.15) is 39.9 Å². The Kier molecular flexibility index (Phi) is 5.78. The van der Waals surface area contributed by atoms with Crippen molar-refractivity contribution in [2.45, 2.75) is 19.3 Å². The van der Waals surface area contributed by atoms with E-state index in [0.29, 0.717) is 5.92 Å². The van der Waals surface area contributed by atoms with Crippen LogP contribution in [-0.2, 0) is 6.42 Å². The molecule has 3 aromatic rings. The van der Waals surface area contributed by atoms with Gasteiger partial charge >= 0.3 is 0 Å². The molecule has 4 nitrogen and oxygen atoms in total. The first-order chi connectivity index (χ1) is 15.7. The van der Waals surface area contributed by atoms with Gasteiger partial charge in [-0.2, -0.15) is 0 Å². The zero-order valence-electron chi connectivity index (χ0n) is 18.4. The molecule has 0 bridgehead atoms. The quantitative estimate of drug-likeness (QED) is 0.589. The van der Waals surface area contributed by atoms with E-state index < -0.39 is 0 Å². The molecule has 0 saturated carbocycles. The molecule has 1 aliphatic carbocycles. The van der Waals surface area contributed by atoms with Gasteiger partial charge in [-0.1, -0.05) is 66.7 Å². The van der Waals surface area contributed by atoms with Crippen molar-refractivity contribution in [3.05, 3.63) is 101 Å². The number of nitrogens with one attached hydrogen (secondary N) is 1. The number of hydrazine groups is 1. The van der Waals surface area contributed by atoms with Crippen LogP contribution < -0.4 is 10.2 Å². The van der Waals surface area contributed by atoms with Crippen LogP contribution >= 0.6 is 0 Å². The molecule has 0 amide bonds. The number of methoxy groups -OCH3 is 1. The Morgan fingerprint density at radius 1 is 0.875 bits per heavy atom. The van der Waals surface area contributed by atoms with Gasteiger partial charge in [0.25, 0.3) is 0 Å². The SMILES string of the molecule is COc1ccc(C2=C(NN3CCC(Cc4ccccc4)CC3)c3ccccc3C2=O)cc1. The third-order valence-electron chi connectivity index (χ3n) is 6.55. The lowest BCUT2D eigenvalue weighted by molar-refractivity contribution is 0.105. The molecule has 1 N–H and O–H groups in total. The van der Waals surface area contributed by atoms with Crippen molar-refractivity contribution < 1.29 is 9.53 Å². The monoisotopic (exact) mass is 424 g/mol. The van der Waals surface area contributed by atoms with E-state index in [1.54, 1.807) is 7.11 Å². The molecule has 1 fully saturated rings. The van der Waals surface area contributed by atoms with Crippen LogP contribution in [0.25, 0.3) is 11.3 Å².